The fourth-order valence-corrected chi connectivity index (χ4v) is 2.82. The zero-order valence-electron chi connectivity index (χ0n) is 12.7. The average molecular weight is 346 g/mol. The maximum Gasteiger partial charge on any atom is 0.343 e. The van der Waals surface area contributed by atoms with Gasteiger partial charge in [0.05, 0.1) is 29.3 Å². The minimum absolute atomic E-state index is 0.0300. The molecule has 0 atom stereocenters. The second-order valence-electron chi connectivity index (χ2n) is 4.63. The molecule has 0 aliphatic rings. The lowest BCUT2D eigenvalue weighted by molar-refractivity contribution is -0.142. The van der Waals surface area contributed by atoms with Crippen LogP contribution in [0.15, 0.2) is 53.4 Å². The molecule has 24 heavy (non-hydrogen) atoms. The molecule has 124 valence electrons. The number of hydrogen-bond donors (Lipinski definition) is 1. The highest BCUT2D eigenvalue weighted by atomic mass is 32.2. The average Bonchev–Trinajstić information content (AvgIpc) is 2.59. The Labute approximate surface area is 139 Å². The van der Waals surface area contributed by atoms with Crippen molar-refractivity contribution >= 4 is 21.7 Å². The summed E-state index contributed by atoms with van der Waals surface area (Å²) in [6.45, 7) is -0.275. The molecule has 7 nitrogen and oxygen atoms in total. The second kappa shape index (κ2) is 7.48. The molecule has 0 aliphatic heterocycles. The summed E-state index contributed by atoms with van der Waals surface area (Å²) in [5.74, 6) is -0.223. The number of rotatable bonds is 6. The van der Waals surface area contributed by atoms with Crippen molar-refractivity contribution in [3.63, 3.8) is 0 Å². The van der Waals surface area contributed by atoms with Gasteiger partial charge in [-0.25, -0.2) is 13.2 Å². The van der Waals surface area contributed by atoms with Gasteiger partial charge in [-0.2, -0.15) is 5.26 Å². The summed E-state index contributed by atoms with van der Waals surface area (Å²) in [6.07, 6.45) is 0. The molecule has 2 aromatic rings. The minimum atomic E-state index is -3.80. The van der Waals surface area contributed by atoms with Crippen molar-refractivity contribution in [1.29, 1.82) is 5.26 Å². The molecule has 2 rings (SSSR count). The van der Waals surface area contributed by atoms with Crippen LogP contribution in [0.4, 0.5) is 5.69 Å². The monoisotopic (exact) mass is 346 g/mol. The van der Waals surface area contributed by atoms with Gasteiger partial charge in [-0.15, -0.1) is 0 Å². The summed E-state index contributed by atoms with van der Waals surface area (Å²) in [7, 11) is -2.55. The van der Waals surface area contributed by atoms with E-state index < -0.39 is 16.0 Å². The van der Waals surface area contributed by atoms with Crippen LogP contribution >= 0.6 is 0 Å². The number of esters is 1. The summed E-state index contributed by atoms with van der Waals surface area (Å²) in [6, 6.07) is 13.6. The molecule has 0 unspecified atom stereocenters. The van der Waals surface area contributed by atoms with E-state index in [9.17, 15) is 13.2 Å². The largest absolute Gasteiger partial charge is 0.482 e. The first-order valence-corrected chi connectivity index (χ1v) is 8.25. The molecule has 0 fully saturated rings. The van der Waals surface area contributed by atoms with Crippen LogP contribution in [0.2, 0.25) is 0 Å². The van der Waals surface area contributed by atoms with Gasteiger partial charge >= 0.3 is 5.97 Å². The molecular weight excluding hydrogens is 332 g/mol. The van der Waals surface area contributed by atoms with E-state index in [1.54, 1.807) is 18.2 Å². The topological polar surface area (TPSA) is 105 Å². The van der Waals surface area contributed by atoms with Crippen LogP contribution in [-0.4, -0.2) is 28.1 Å². The zero-order chi connectivity index (χ0) is 17.6. The maximum atomic E-state index is 12.3. The van der Waals surface area contributed by atoms with E-state index >= 15 is 0 Å². The van der Waals surface area contributed by atoms with Crippen LogP contribution in [0.1, 0.15) is 5.56 Å². The Kier molecular flexibility index (Phi) is 5.39. The Balaban J connectivity index is 2.14. The van der Waals surface area contributed by atoms with Gasteiger partial charge in [0, 0.05) is 6.07 Å². The normalized spacial score (nSPS) is 10.5. The number of benzene rings is 2. The first kappa shape index (κ1) is 17.3. The van der Waals surface area contributed by atoms with Gasteiger partial charge in [0.15, 0.2) is 6.61 Å². The van der Waals surface area contributed by atoms with Crippen molar-refractivity contribution < 1.29 is 22.7 Å². The lowest BCUT2D eigenvalue weighted by Gasteiger charge is -2.10. The zero-order valence-corrected chi connectivity index (χ0v) is 13.5. The summed E-state index contributed by atoms with van der Waals surface area (Å²) in [4.78, 5) is 11.1. The van der Waals surface area contributed by atoms with Crippen LogP contribution in [0.25, 0.3) is 0 Å². The third-order valence-electron chi connectivity index (χ3n) is 2.96. The Morgan fingerprint density at radius 2 is 1.92 bits per heavy atom. The van der Waals surface area contributed by atoms with E-state index in [4.69, 9.17) is 10.00 Å². The number of hydrogen-bond acceptors (Lipinski definition) is 6. The molecule has 0 saturated carbocycles. The van der Waals surface area contributed by atoms with Gasteiger partial charge in [-0.1, -0.05) is 6.07 Å². The number of carbonyl (C=O) groups is 1. The maximum absolute atomic E-state index is 12.3. The highest BCUT2D eigenvalue weighted by Gasteiger charge is 2.14. The number of carbonyl (C=O) groups excluding carboxylic acids is 1. The Morgan fingerprint density at radius 1 is 1.21 bits per heavy atom. The first-order valence-electron chi connectivity index (χ1n) is 6.77. The van der Waals surface area contributed by atoms with Crippen molar-refractivity contribution in [2.45, 2.75) is 4.90 Å². The Morgan fingerprint density at radius 3 is 2.54 bits per heavy atom. The van der Waals surface area contributed by atoms with Gasteiger partial charge in [-0.05, 0) is 36.4 Å². The highest BCUT2D eigenvalue weighted by molar-refractivity contribution is 7.92. The van der Waals surface area contributed by atoms with Gasteiger partial charge in [0.1, 0.15) is 5.75 Å². The predicted molar refractivity (Wildman–Crippen MR) is 85.9 cm³/mol. The number of methoxy groups -OCH3 is 1. The van der Waals surface area contributed by atoms with Crippen LogP contribution in [0.3, 0.4) is 0 Å². The predicted octanol–water partition coefficient (Wildman–Crippen LogP) is 1.91. The van der Waals surface area contributed by atoms with E-state index in [0.29, 0.717) is 11.3 Å². The van der Waals surface area contributed by atoms with Crippen molar-refractivity contribution in [3.8, 4) is 11.8 Å². The Hall–Kier alpha value is -3.05. The lowest BCUT2D eigenvalue weighted by Crippen LogP contribution is -2.14. The third kappa shape index (κ3) is 4.47. The van der Waals surface area contributed by atoms with E-state index in [2.05, 4.69) is 9.46 Å². The molecule has 8 heteroatoms. The summed E-state index contributed by atoms with van der Waals surface area (Å²) >= 11 is 0. The van der Waals surface area contributed by atoms with E-state index in [1.165, 1.54) is 37.4 Å². The third-order valence-corrected chi connectivity index (χ3v) is 4.36. The van der Waals surface area contributed by atoms with Crippen LogP contribution in [0.5, 0.6) is 5.75 Å². The molecular formula is C16H14N2O5S. The minimum Gasteiger partial charge on any atom is -0.482 e. The molecule has 1 N–H and O–H groups in total. The molecule has 0 heterocycles. The lowest BCUT2D eigenvalue weighted by atomic mass is 10.2. The van der Waals surface area contributed by atoms with Gasteiger partial charge in [-0.3, -0.25) is 4.72 Å². The second-order valence-corrected chi connectivity index (χ2v) is 6.32. The SMILES string of the molecule is COC(=O)COc1cccc(NS(=O)(=O)c2ccc(C#N)cc2)c1. The number of nitrogens with zero attached hydrogens (tertiary/aromatic N) is 1. The fraction of sp³-hybridized carbons (Fsp3) is 0.125. The standard InChI is InChI=1S/C16H14N2O5S/c1-22-16(19)11-23-14-4-2-3-13(9-14)18-24(20,21)15-7-5-12(10-17)6-8-15/h2-9,18H,11H2,1H3. The molecule has 0 aliphatic carbocycles. The van der Waals surface area contributed by atoms with Crippen LogP contribution < -0.4 is 9.46 Å². The van der Waals surface area contributed by atoms with Crippen molar-refractivity contribution in [2.75, 3.05) is 18.4 Å². The number of ether oxygens (including phenoxy) is 2. The van der Waals surface area contributed by atoms with Crippen molar-refractivity contribution in [3.05, 3.63) is 54.1 Å². The van der Waals surface area contributed by atoms with E-state index in [1.807, 2.05) is 6.07 Å². The first-order chi connectivity index (χ1) is 11.4. The van der Waals surface area contributed by atoms with E-state index in [-0.39, 0.29) is 17.2 Å². The van der Waals surface area contributed by atoms with Crippen molar-refractivity contribution in [2.24, 2.45) is 0 Å². The quantitative estimate of drug-likeness (QED) is 0.801. The van der Waals surface area contributed by atoms with Crippen LogP contribution in [-0.2, 0) is 19.6 Å². The highest BCUT2D eigenvalue weighted by Crippen LogP contribution is 2.21. The fourth-order valence-electron chi connectivity index (χ4n) is 1.77. The molecule has 0 bridgehead atoms. The van der Waals surface area contributed by atoms with Crippen molar-refractivity contribution in [1.82, 2.24) is 0 Å². The number of nitrogens with one attached hydrogen (secondary N) is 1. The number of nitriles is 1. The summed E-state index contributed by atoms with van der Waals surface area (Å²) < 4.78 is 36.7. The molecule has 0 aromatic heterocycles. The van der Waals surface area contributed by atoms with Gasteiger partial charge < -0.3 is 9.47 Å². The number of sulfonamides is 1. The summed E-state index contributed by atoms with van der Waals surface area (Å²) in [5, 5.41) is 8.74. The molecule has 0 radical (unpaired) electrons. The van der Waals surface area contributed by atoms with E-state index in [0.717, 1.165) is 0 Å². The molecule has 0 saturated heterocycles. The molecule has 0 spiro atoms. The smallest absolute Gasteiger partial charge is 0.343 e. The summed E-state index contributed by atoms with van der Waals surface area (Å²) in [5.41, 5.74) is 0.647. The molecule has 0 amide bonds. The van der Waals surface area contributed by atoms with Crippen LogP contribution in [0, 0.1) is 11.3 Å². The Bertz CT molecular complexity index is 870. The molecule has 2 aromatic carbocycles. The van der Waals surface area contributed by atoms with Gasteiger partial charge in [0.25, 0.3) is 10.0 Å². The van der Waals surface area contributed by atoms with Gasteiger partial charge in [0.2, 0.25) is 0 Å². The number of anilines is 1.